The molecule has 0 aromatic heterocycles. The van der Waals surface area contributed by atoms with Gasteiger partial charge >= 0.3 is 0 Å². The fourth-order valence-corrected chi connectivity index (χ4v) is 4.73. The first kappa shape index (κ1) is 22.6. The molecule has 2 aromatic rings. The van der Waals surface area contributed by atoms with E-state index in [9.17, 15) is 22.4 Å². The van der Waals surface area contributed by atoms with Gasteiger partial charge in [0, 0.05) is 44.9 Å². The first-order valence-electron chi connectivity index (χ1n) is 9.86. The quantitative estimate of drug-likeness (QED) is 0.717. The molecule has 1 N–H and O–H groups in total. The van der Waals surface area contributed by atoms with Gasteiger partial charge in [0.05, 0.1) is 4.90 Å². The van der Waals surface area contributed by atoms with Gasteiger partial charge in [0.25, 0.3) is 0 Å². The second-order valence-corrected chi connectivity index (χ2v) is 9.11. The molecule has 9 heteroatoms. The number of amides is 2. The van der Waals surface area contributed by atoms with Crippen LogP contribution in [0.5, 0.6) is 0 Å². The fourth-order valence-electron chi connectivity index (χ4n) is 3.26. The van der Waals surface area contributed by atoms with E-state index in [1.165, 1.54) is 29.4 Å². The van der Waals surface area contributed by atoms with Crippen molar-refractivity contribution in [2.45, 2.75) is 18.2 Å². The zero-order valence-corrected chi connectivity index (χ0v) is 17.9. The molecule has 0 saturated carbocycles. The monoisotopic (exact) mass is 445 g/mol. The Labute approximate surface area is 181 Å². The number of sulfonamides is 1. The molecule has 0 radical (unpaired) electrons. The molecule has 31 heavy (non-hydrogen) atoms. The van der Waals surface area contributed by atoms with Gasteiger partial charge in [-0.15, -0.1) is 0 Å². The van der Waals surface area contributed by atoms with Crippen molar-refractivity contribution in [1.29, 1.82) is 0 Å². The van der Waals surface area contributed by atoms with E-state index in [1.807, 2.05) is 0 Å². The summed E-state index contributed by atoms with van der Waals surface area (Å²) in [6, 6.07) is 11.8. The minimum atomic E-state index is -3.74. The van der Waals surface area contributed by atoms with Gasteiger partial charge in [-0.3, -0.25) is 9.59 Å². The largest absolute Gasteiger partial charge is 0.338 e. The van der Waals surface area contributed by atoms with Gasteiger partial charge in [0.15, 0.2) is 0 Å². The van der Waals surface area contributed by atoms with Crippen molar-refractivity contribution in [3.63, 3.8) is 0 Å². The van der Waals surface area contributed by atoms with Crippen LogP contribution in [0, 0.1) is 5.82 Å². The molecule has 0 spiro atoms. The lowest BCUT2D eigenvalue weighted by molar-refractivity contribution is -0.125. The Kier molecular flexibility index (Phi) is 7.19. The first-order valence-corrected chi connectivity index (χ1v) is 11.3. The zero-order chi connectivity index (χ0) is 22.4. The van der Waals surface area contributed by atoms with Crippen molar-refractivity contribution >= 4 is 33.6 Å². The van der Waals surface area contributed by atoms with Gasteiger partial charge in [-0.25, -0.2) is 12.8 Å². The Bertz CT molecular complexity index is 1070. The molecule has 2 aromatic carbocycles. The summed E-state index contributed by atoms with van der Waals surface area (Å²) in [5, 5.41) is 2.68. The summed E-state index contributed by atoms with van der Waals surface area (Å²) in [5.74, 6) is -0.856. The maximum Gasteiger partial charge on any atom is 0.246 e. The second-order valence-electron chi connectivity index (χ2n) is 7.17. The van der Waals surface area contributed by atoms with Crippen LogP contribution in [0.3, 0.4) is 0 Å². The number of benzene rings is 2. The number of rotatable bonds is 5. The van der Waals surface area contributed by atoms with Crippen molar-refractivity contribution < 1.29 is 22.4 Å². The predicted molar refractivity (Wildman–Crippen MR) is 116 cm³/mol. The van der Waals surface area contributed by atoms with Crippen LogP contribution in [-0.2, 0) is 19.6 Å². The van der Waals surface area contributed by atoms with Crippen molar-refractivity contribution in [2.24, 2.45) is 0 Å². The van der Waals surface area contributed by atoms with Crippen LogP contribution in [0.2, 0.25) is 0 Å². The molecule has 1 heterocycles. The van der Waals surface area contributed by atoms with E-state index >= 15 is 0 Å². The summed E-state index contributed by atoms with van der Waals surface area (Å²) in [6.45, 7) is 2.60. The average Bonchev–Trinajstić information content (AvgIpc) is 3.00. The smallest absolute Gasteiger partial charge is 0.246 e. The van der Waals surface area contributed by atoms with Crippen molar-refractivity contribution in [3.8, 4) is 0 Å². The maximum atomic E-state index is 13.1. The third kappa shape index (κ3) is 5.99. The molecular formula is C22H24FN3O4S. The average molecular weight is 446 g/mol. The predicted octanol–water partition coefficient (Wildman–Crippen LogP) is 2.72. The summed E-state index contributed by atoms with van der Waals surface area (Å²) >= 11 is 0. The fraction of sp³-hybridized carbons (Fsp3) is 0.273. The lowest BCUT2D eigenvalue weighted by Crippen LogP contribution is -2.36. The molecule has 1 saturated heterocycles. The van der Waals surface area contributed by atoms with Gasteiger partial charge in [0.2, 0.25) is 21.8 Å². The molecule has 164 valence electrons. The SMILES string of the molecule is CC(=O)Nc1ccc(/C=C/C(=O)N2CCCN(S(=O)(=O)c3ccc(F)cc3)CC2)cc1. The number of anilines is 1. The molecule has 1 aliphatic heterocycles. The van der Waals surface area contributed by atoms with E-state index in [0.717, 1.165) is 17.7 Å². The Morgan fingerprint density at radius 1 is 0.968 bits per heavy atom. The number of carbonyl (C=O) groups excluding carboxylic acids is 2. The number of carbonyl (C=O) groups is 2. The third-order valence-corrected chi connectivity index (χ3v) is 6.78. The molecular weight excluding hydrogens is 421 g/mol. The van der Waals surface area contributed by atoms with Crippen LogP contribution in [0.25, 0.3) is 6.08 Å². The minimum Gasteiger partial charge on any atom is -0.338 e. The molecule has 0 unspecified atom stereocenters. The number of halogens is 1. The Morgan fingerprint density at radius 2 is 1.65 bits per heavy atom. The number of nitrogens with one attached hydrogen (secondary N) is 1. The highest BCUT2D eigenvalue weighted by molar-refractivity contribution is 7.89. The Balaban J connectivity index is 1.61. The highest BCUT2D eigenvalue weighted by Gasteiger charge is 2.27. The molecule has 2 amide bonds. The third-order valence-electron chi connectivity index (χ3n) is 4.87. The standard InChI is InChI=1S/C22H24FN3O4S/c1-17(27)24-20-8-3-18(4-9-20)5-12-22(28)25-13-2-14-26(16-15-25)31(29,30)21-10-6-19(23)7-11-21/h3-12H,2,13-16H2,1H3,(H,24,27)/b12-5+. The molecule has 3 rings (SSSR count). The van der Waals surface area contributed by atoms with E-state index in [2.05, 4.69) is 5.32 Å². The normalized spacial score (nSPS) is 15.6. The molecule has 7 nitrogen and oxygen atoms in total. The Hall–Kier alpha value is -3.04. The van der Waals surface area contributed by atoms with Gasteiger partial charge in [-0.2, -0.15) is 4.31 Å². The minimum absolute atomic E-state index is 0.0382. The number of hydrogen-bond acceptors (Lipinski definition) is 4. The van der Waals surface area contributed by atoms with Crippen molar-refractivity contribution in [3.05, 3.63) is 66.0 Å². The zero-order valence-electron chi connectivity index (χ0n) is 17.1. The molecule has 1 fully saturated rings. The molecule has 0 atom stereocenters. The van der Waals surface area contributed by atoms with Crippen LogP contribution >= 0.6 is 0 Å². The lowest BCUT2D eigenvalue weighted by atomic mass is 10.2. The van der Waals surface area contributed by atoms with E-state index < -0.39 is 15.8 Å². The molecule has 0 bridgehead atoms. The van der Waals surface area contributed by atoms with Gasteiger partial charge < -0.3 is 10.2 Å². The number of nitrogens with zero attached hydrogens (tertiary/aromatic N) is 2. The summed E-state index contributed by atoms with van der Waals surface area (Å²) in [6.07, 6.45) is 3.64. The van der Waals surface area contributed by atoms with Crippen LogP contribution in [-0.4, -0.2) is 55.6 Å². The van der Waals surface area contributed by atoms with Crippen molar-refractivity contribution in [1.82, 2.24) is 9.21 Å². The van der Waals surface area contributed by atoms with Crippen LogP contribution in [0.1, 0.15) is 18.9 Å². The summed E-state index contributed by atoms with van der Waals surface area (Å²) in [5.41, 5.74) is 1.48. The molecule has 1 aliphatic rings. The molecule has 0 aliphatic carbocycles. The van der Waals surface area contributed by atoms with Gasteiger partial charge in [-0.05, 0) is 54.5 Å². The van der Waals surface area contributed by atoms with E-state index in [1.54, 1.807) is 35.2 Å². The number of hydrogen-bond donors (Lipinski definition) is 1. The van der Waals surface area contributed by atoms with Crippen LogP contribution < -0.4 is 5.32 Å². The van der Waals surface area contributed by atoms with Gasteiger partial charge in [-0.1, -0.05) is 12.1 Å². The highest BCUT2D eigenvalue weighted by Crippen LogP contribution is 2.18. The topological polar surface area (TPSA) is 86.8 Å². The first-order chi connectivity index (χ1) is 14.8. The van der Waals surface area contributed by atoms with E-state index in [4.69, 9.17) is 0 Å². The highest BCUT2D eigenvalue weighted by atomic mass is 32.2. The van der Waals surface area contributed by atoms with Crippen LogP contribution in [0.4, 0.5) is 10.1 Å². The van der Waals surface area contributed by atoms with E-state index in [-0.39, 0.29) is 36.3 Å². The van der Waals surface area contributed by atoms with Crippen LogP contribution in [0.15, 0.2) is 59.5 Å². The summed E-state index contributed by atoms with van der Waals surface area (Å²) in [4.78, 5) is 25.3. The Morgan fingerprint density at radius 3 is 2.29 bits per heavy atom. The van der Waals surface area contributed by atoms with Gasteiger partial charge in [0.1, 0.15) is 5.82 Å². The van der Waals surface area contributed by atoms with Crippen molar-refractivity contribution in [2.75, 3.05) is 31.5 Å². The van der Waals surface area contributed by atoms with E-state index in [0.29, 0.717) is 18.7 Å². The second kappa shape index (κ2) is 9.84. The summed E-state index contributed by atoms with van der Waals surface area (Å²) in [7, 11) is -3.74. The summed E-state index contributed by atoms with van der Waals surface area (Å²) < 4.78 is 40.0. The maximum absolute atomic E-state index is 13.1. The lowest BCUT2D eigenvalue weighted by Gasteiger charge is -2.21.